The Kier molecular flexibility index (Phi) is 12.3. The molecule has 0 bridgehead atoms. The Morgan fingerprint density at radius 3 is 1.57 bits per heavy atom. The highest BCUT2D eigenvalue weighted by atomic mass is 32.2. The second-order valence-corrected chi connectivity index (χ2v) is 17.5. The largest absolute Gasteiger partial charge is 0.505 e. The summed E-state index contributed by atoms with van der Waals surface area (Å²) in [5.41, 5.74) is 3.24. The first-order valence-corrected chi connectivity index (χ1v) is 21.8. The quantitative estimate of drug-likeness (QED) is 0.0533. The van der Waals surface area contributed by atoms with Crippen LogP contribution in [0.1, 0.15) is 16.7 Å². The predicted octanol–water partition coefficient (Wildman–Crippen LogP) is 10.2. The molecule has 316 valence electrons. The number of phenolic OH excluding ortho intramolecular Hbond substituents is 1. The lowest BCUT2D eigenvalue weighted by Gasteiger charge is -2.12. The van der Waals surface area contributed by atoms with Gasteiger partial charge in [-0.2, -0.15) is 40.6 Å². The van der Waals surface area contributed by atoms with Gasteiger partial charge in [-0.25, -0.2) is 0 Å². The van der Waals surface area contributed by atoms with Crippen LogP contribution >= 0.6 is 0 Å². The van der Waals surface area contributed by atoms with Crippen molar-refractivity contribution in [3.05, 3.63) is 108 Å². The number of aryl methyl sites for hydroxylation is 3. The van der Waals surface area contributed by atoms with Crippen molar-refractivity contribution in [1.29, 1.82) is 0 Å². The highest BCUT2D eigenvalue weighted by Gasteiger charge is 2.23. The minimum atomic E-state index is -4.96. The number of hydrogen-bond acceptors (Lipinski definition) is 16. The van der Waals surface area contributed by atoms with Gasteiger partial charge in [0.25, 0.3) is 30.4 Å². The second-order valence-electron chi connectivity index (χ2n) is 13.3. The van der Waals surface area contributed by atoms with Crippen molar-refractivity contribution in [2.45, 2.75) is 35.5 Å². The molecular weight excluding hydrogens is 855 g/mol. The number of methoxy groups -OCH3 is 2. The molecule has 6 rings (SSSR count). The molecule has 6 aromatic rings. The minimum Gasteiger partial charge on any atom is -0.505 e. The fourth-order valence-corrected chi connectivity index (χ4v) is 7.73. The van der Waals surface area contributed by atoms with Gasteiger partial charge in [-0.05, 0) is 128 Å². The van der Waals surface area contributed by atoms with Crippen molar-refractivity contribution in [3.8, 4) is 17.2 Å². The van der Waals surface area contributed by atoms with Crippen LogP contribution in [-0.4, -0.2) is 58.2 Å². The smallest absolute Gasteiger partial charge is 0.296 e. The molecule has 0 fully saturated rings. The van der Waals surface area contributed by atoms with Gasteiger partial charge in [-0.15, -0.1) is 15.3 Å². The Balaban J connectivity index is 1.27. The van der Waals surface area contributed by atoms with E-state index in [1.807, 2.05) is 0 Å². The lowest BCUT2D eigenvalue weighted by Crippen LogP contribution is -2.03. The van der Waals surface area contributed by atoms with Crippen molar-refractivity contribution >= 4 is 86.6 Å². The first-order chi connectivity index (χ1) is 28.7. The summed E-state index contributed by atoms with van der Waals surface area (Å²) in [5, 5.41) is 39.8. The molecular formula is C39H35N7O12S3. The summed E-state index contributed by atoms with van der Waals surface area (Å²) in [6, 6.07) is 21.8. The number of fused-ring (bicyclic) bond motifs is 1. The first kappa shape index (κ1) is 43.9. The normalized spacial score (nSPS) is 12.5. The Labute approximate surface area is 349 Å². The van der Waals surface area contributed by atoms with Crippen LogP contribution in [0.25, 0.3) is 10.8 Å². The maximum atomic E-state index is 12.6. The summed E-state index contributed by atoms with van der Waals surface area (Å²) < 4.78 is 112. The van der Waals surface area contributed by atoms with Crippen LogP contribution in [-0.2, 0) is 30.4 Å². The van der Waals surface area contributed by atoms with Crippen LogP contribution in [0.15, 0.2) is 136 Å². The van der Waals surface area contributed by atoms with Gasteiger partial charge in [0.2, 0.25) is 0 Å². The summed E-state index contributed by atoms with van der Waals surface area (Å²) in [4.78, 5) is -2.33. The number of rotatable bonds is 13. The maximum absolute atomic E-state index is 12.6. The number of aromatic hydroxyl groups is 1. The molecule has 0 spiro atoms. The summed E-state index contributed by atoms with van der Waals surface area (Å²) in [6.07, 6.45) is 0. The molecule has 22 heteroatoms. The van der Waals surface area contributed by atoms with Crippen LogP contribution in [0.3, 0.4) is 0 Å². The van der Waals surface area contributed by atoms with Crippen LogP contribution in [0.5, 0.6) is 17.2 Å². The van der Waals surface area contributed by atoms with Crippen LogP contribution < -0.4 is 14.8 Å². The van der Waals surface area contributed by atoms with E-state index in [1.165, 1.54) is 19.2 Å². The number of hydrogen-bond donors (Lipinski definition) is 5. The zero-order valence-electron chi connectivity index (χ0n) is 32.6. The zero-order valence-corrected chi connectivity index (χ0v) is 35.1. The van der Waals surface area contributed by atoms with E-state index in [0.29, 0.717) is 45.6 Å². The summed E-state index contributed by atoms with van der Waals surface area (Å²) in [5.74, 6) is 0.279. The minimum absolute atomic E-state index is 0.130. The molecule has 19 nitrogen and oxygen atoms in total. The summed E-state index contributed by atoms with van der Waals surface area (Å²) in [6.45, 7) is 5.08. The van der Waals surface area contributed by atoms with Crippen molar-refractivity contribution in [2.75, 3.05) is 19.5 Å². The molecule has 61 heavy (non-hydrogen) atoms. The van der Waals surface area contributed by atoms with Crippen LogP contribution in [0.4, 0.5) is 45.5 Å². The second kappa shape index (κ2) is 17.1. The van der Waals surface area contributed by atoms with Gasteiger partial charge in [0.15, 0.2) is 5.75 Å². The molecule has 0 amide bonds. The molecule has 0 atom stereocenters. The van der Waals surface area contributed by atoms with Gasteiger partial charge in [0.1, 0.15) is 38.4 Å². The van der Waals surface area contributed by atoms with E-state index in [4.69, 9.17) is 9.47 Å². The highest BCUT2D eigenvalue weighted by molar-refractivity contribution is 7.87. The molecule has 6 aromatic carbocycles. The Bertz CT molecular complexity index is 3160. The zero-order chi connectivity index (χ0) is 44.4. The third-order valence-corrected chi connectivity index (χ3v) is 11.6. The molecule has 0 saturated carbocycles. The predicted molar refractivity (Wildman–Crippen MR) is 224 cm³/mol. The van der Waals surface area contributed by atoms with E-state index in [9.17, 15) is 44.0 Å². The summed E-state index contributed by atoms with van der Waals surface area (Å²) >= 11 is 0. The average Bonchev–Trinajstić information content (AvgIpc) is 3.19. The Hall–Kier alpha value is -6.69. The molecule has 0 aliphatic carbocycles. The molecule has 0 unspecified atom stereocenters. The lowest BCUT2D eigenvalue weighted by molar-refractivity contribution is 0.415. The average molecular weight is 890 g/mol. The fourth-order valence-electron chi connectivity index (χ4n) is 5.84. The van der Waals surface area contributed by atoms with Gasteiger partial charge < -0.3 is 19.9 Å². The van der Waals surface area contributed by atoms with Gasteiger partial charge in [0.05, 0.1) is 36.2 Å². The molecule has 0 aliphatic heterocycles. The number of phenols is 1. The van der Waals surface area contributed by atoms with E-state index in [-0.39, 0.29) is 33.6 Å². The van der Waals surface area contributed by atoms with E-state index in [1.54, 1.807) is 88.5 Å². The molecule has 5 N–H and O–H groups in total. The van der Waals surface area contributed by atoms with Crippen molar-refractivity contribution in [3.63, 3.8) is 0 Å². The van der Waals surface area contributed by atoms with Gasteiger partial charge >= 0.3 is 0 Å². The van der Waals surface area contributed by atoms with Gasteiger partial charge in [-0.1, -0.05) is 0 Å². The van der Waals surface area contributed by atoms with Crippen molar-refractivity contribution < 1.29 is 53.5 Å². The number of benzene rings is 6. The molecule has 0 aromatic heterocycles. The van der Waals surface area contributed by atoms with Crippen LogP contribution in [0, 0.1) is 20.8 Å². The third kappa shape index (κ3) is 10.0. The van der Waals surface area contributed by atoms with E-state index < -0.39 is 56.5 Å². The number of azo groups is 3. The third-order valence-electron chi connectivity index (χ3n) is 9.02. The van der Waals surface area contributed by atoms with E-state index in [0.717, 1.165) is 17.8 Å². The topological polar surface area (TPSA) is 288 Å². The number of nitrogens with one attached hydrogen (secondary N) is 1. The number of nitrogens with zero attached hydrogens (tertiary/aromatic N) is 6. The highest BCUT2D eigenvalue weighted by Crippen LogP contribution is 2.44. The molecule has 0 heterocycles. The lowest BCUT2D eigenvalue weighted by atomic mass is 10.1. The molecule has 0 saturated heterocycles. The number of ether oxygens (including phenoxy) is 2. The van der Waals surface area contributed by atoms with E-state index >= 15 is 0 Å². The Morgan fingerprint density at radius 2 is 1.03 bits per heavy atom. The van der Waals surface area contributed by atoms with Gasteiger partial charge in [-0.3, -0.25) is 13.7 Å². The van der Waals surface area contributed by atoms with Gasteiger partial charge in [0, 0.05) is 22.8 Å². The van der Waals surface area contributed by atoms with Crippen LogP contribution in [0.2, 0.25) is 0 Å². The van der Waals surface area contributed by atoms with E-state index in [2.05, 4.69) is 36.0 Å². The SMILES string of the molecule is COc1ccc(Nc2ccc3c(O)c(N=Nc4cc(C)c(N=Nc5cc(C)c(N=Nc6ccc(S(=O)(=O)O)cc6S(=O)(=O)O)cc5C)cc4OC)c(S(=O)(=O)O)cc3c2)cc1. The fraction of sp³-hybridized carbons (Fsp3) is 0.128. The summed E-state index contributed by atoms with van der Waals surface area (Å²) in [7, 11) is -11.7. The standard InChI is InChI=1S/C39H35N7O12S3/c1-21-15-32(22(2)14-31(21)42-41-30-13-11-28(59(48,49)50)19-36(30)60(51,52)53)43-44-33-20-35(58-5)34(16-23(33)3)45-46-38-37(61(54,55)56)18-24-17-26(8-12-29(24)39(38)47)40-25-6-9-27(57-4)10-7-25/h6-20,40,47H,1-5H3,(H,48,49,50)(H,51,52,53)(H,54,55,56). The monoisotopic (exact) mass is 889 g/mol. The molecule has 0 aliphatic rings. The van der Waals surface area contributed by atoms with Crippen molar-refractivity contribution in [1.82, 2.24) is 0 Å². The van der Waals surface area contributed by atoms with Crippen molar-refractivity contribution in [2.24, 2.45) is 30.7 Å². The number of anilines is 2. The Morgan fingerprint density at radius 1 is 0.508 bits per heavy atom. The maximum Gasteiger partial charge on any atom is 0.296 e. The molecule has 0 radical (unpaired) electrons. The first-order valence-electron chi connectivity index (χ1n) is 17.5.